The molecule has 1 aromatic carbocycles. The van der Waals surface area contributed by atoms with Gasteiger partial charge in [-0.15, -0.1) is 0 Å². The van der Waals surface area contributed by atoms with Crippen molar-refractivity contribution in [3.05, 3.63) is 41.3 Å². The van der Waals surface area contributed by atoms with E-state index in [-0.39, 0.29) is 11.8 Å². The van der Waals surface area contributed by atoms with Gasteiger partial charge in [0.05, 0.1) is 16.8 Å². The lowest BCUT2D eigenvalue weighted by molar-refractivity contribution is -0.125. The van der Waals surface area contributed by atoms with E-state index < -0.39 is 0 Å². The number of rotatable bonds is 6. The Morgan fingerprint density at radius 1 is 0.971 bits per heavy atom. The molecule has 2 N–H and O–H groups in total. The molecule has 0 spiro atoms. The number of anilines is 1. The number of aromatic nitrogens is 4. The van der Waals surface area contributed by atoms with Crippen LogP contribution in [0, 0.1) is 19.8 Å². The lowest BCUT2D eigenvalue weighted by Gasteiger charge is -2.30. The quantitative estimate of drug-likeness (QED) is 0.539. The SMILES string of the molecule is CCc1nc(NC2CCC(NC(=O)C3CCCC3)CC2)c2c(C)nn(-c3ccc(C)cc3)c2n1. The van der Waals surface area contributed by atoms with Gasteiger partial charge >= 0.3 is 0 Å². The maximum Gasteiger partial charge on any atom is 0.223 e. The monoisotopic (exact) mass is 460 g/mol. The van der Waals surface area contributed by atoms with Crippen LogP contribution >= 0.6 is 0 Å². The second kappa shape index (κ2) is 9.72. The van der Waals surface area contributed by atoms with Gasteiger partial charge in [0, 0.05) is 24.4 Å². The van der Waals surface area contributed by atoms with E-state index in [1.165, 1.54) is 18.4 Å². The summed E-state index contributed by atoms with van der Waals surface area (Å²) in [5.74, 6) is 2.22. The number of hydrogen-bond acceptors (Lipinski definition) is 5. The summed E-state index contributed by atoms with van der Waals surface area (Å²) in [5.41, 5.74) is 4.01. The van der Waals surface area contributed by atoms with Crippen molar-refractivity contribution in [3.8, 4) is 5.69 Å². The summed E-state index contributed by atoms with van der Waals surface area (Å²) in [7, 11) is 0. The number of nitrogens with one attached hydrogen (secondary N) is 2. The molecule has 0 aliphatic heterocycles. The Morgan fingerprint density at radius 2 is 1.65 bits per heavy atom. The van der Waals surface area contributed by atoms with E-state index >= 15 is 0 Å². The predicted molar refractivity (Wildman–Crippen MR) is 135 cm³/mol. The van der Waals surface area contributed by atoms with Crippen LogP contribution in [-0.4, -0.2) is 37.7 Å². The molecular formula is C27H36N6O. The van der Waals surface area contributed by atoms with Crippen molar-refractivity contribution in [2.24, 2.45) is 5.92 Å². The molecule has 0 unspecified atom stereocenters. The van der Waals surface area contributed by atoms with Crippen molar-refractivity contribution in [1.82, 2.24) is 25.1 Å². The number of amides is 1. The maximum absolute atomic E-state index is 12.5. The van der Waals surface area contributed by atoms with E-state index in [1.54, 1.807) is 0 Å². The summed E-state index contributed by atoms with van der Waals surface area (Å²) in [6.07, 6.45) is 9.33. The topological polar surface area (TPSA) is 84.7 Å². The van der Waals surface area contributed by atoms with E-state index in [9.17, 15) is 4.79 Å². The minimum Gasteiger partial charge on any atom is -0.367 e. The Balaban J connectivity index is 1.33. The average Bonchev–Trinajstić information content (AvgIpc) is 3.49. The number of benzene rings is 1. The summed E-state index contributed by atoms with van der Waals surface area (Å²) in [4.78, 5) is 22.2. The zero-order chi connectivity index (χ0) is 23.7. The van der Waals surface area contributed by atoms with Gasteiger partial charge in [-0.1, -0.05) is 37.5 Å². The molecule has 5 rings (SSSR count). The van der Waals surface area contributed by atoms with E-state index in [2.05, 4.69) is 48.7 Å². The molecule has 1 amide bonds. The van der Waals surface area contributed by atoms with Crippen molar-refractivity contribution >= 4 is 22.8 Å². The van der Waals surface area contributed by atoms with Crippen LogP contribution in [0.1, 0.15) is 75.4 Å². The summed E-state index contributed by atoms with van der Waals surface area (Å²) in [5, 5.41) is 12.9. The molecule has 2 aromatic heterocycles. The highest BCUT2D eigenvalue weighted by atomic mass is 16.1. The number of carbonyl (C=O) groups is 1. The number of hydrogen-bond donors (Lipinski definition) is 2. The molecule has 7 heteroatoms. The number of fused-ring (bicyclic) bond motifs is 1. The third-order valence-corrected chi connectivity index (χ3v) is 7.48. The average molecular weight is 461 g/mol. The van der Waals surface area contributed by atoms with Crippen molar-refractivity contribution in [2.75, 3.05) is 5.32 Å². The zero-order valence-electron chi connectivity index (χ0n) is 20.6. The first-order valence-electron chi connectivity index (χ1n) is 12.9. The van der Waals surface area contributed by atoms with Crippen LogP contribution in [-0.2, 0) is 11.2 Å². The van der Waals surface area contributed by atoms with Crippen molar-refractivity contribution in [3.63, 3.8) is 0 Å². The molecule has 0 radical (unpaired) electrons. The predicted octanol–water partition coefficient (Wildman–Crippen LogP) is 5.02. The highest BCUT2D eigenvalue weighted by molar-refractivity contribution is 5.90. The Hall–Kier alpha value is -2.96. The molecule has 0 bridgehead atoms. The fourth-order valence-corrected chi connectivity index (χ4v) is 5.44. The molecule has 2 fully saturated rings. The van der Waals surface area contributed by atoms with Gasteiger partial charge in [-0.05, 0) is 64.5 Å². The molecule has 2 saturated carbocycles. The summed E-state index contributed by atoms with van der Waals surface area (Å²) < 4.78 is 1.94. The van der Waals surface area contributed by atoms with E-state index in [0.717, 1.165) is 79.0 Å². The van der Waals surface area contributed by atoms with Crippen LogP contribution in [0.3, 0.4) is 0 Å². The van der Waals surface area contributed by atoms with Gasteiger partial charge in [-0.2, -0.15) is 5.10 Å². The van der Waals surface area contributed by atoms with Gasteiger partial charge in [0.2, 0.25) is 5.91 Å². The fourth-order valence-electron chi connectivity index (χ4n) is 5.44. The largest absolute Gasteiger partial charge is 0.367 e. The van der Waals surface area contributed by atoms with E-state index in [1.807, 2.05) is 11.6 Å². The first kappa shape index (κ1) is 22.8. The van der Waals surface area contributed by atoms with Gasteiger partial charge in [-0.25, -0.2) is 14.6 Å². The van der Waals surface area contributed by atoms with Crippen molar-refractivity contribution < 1.29 is 4.79 Å². The molecule has 2 heterocycles. The molecule has 0 saturated heterocycles. The first-order chi connectivity index (χ1) is 16.5. The third-order valence-electron chi connectivity index (χ3n) is 7.48. The van der Waals surface area contributed by atoms with Crippen LogP contribution in [0.2, 0.25) is 0 Å². The molecule has 7 nitrogen and oxygen atoms in total. The van der Waals surface area contributed by atoms with Gasteiger partial charge < -0.3 is 10.6 Å². The van der Waals surface area contributed by atoms with Gasteiger partial charge in [-0.3, -0.25) is 4.79 Å². The normalized spacial score (nSPS) is 21.1. The molecular weight excluding hydrogens is 424 g/mol. The molecule has 2 aliphatic rings. The molecule has 2 aliphatic carbocycles. The molecule has 180 valence electrons. The molecule has 3 aromatic rings. The summed E-state index contributed by atoms with van der Waals surface area (Å²) in [6.45, 7) is 6.20. The summed E-state index contributed by atoms with van der Waals surface area (Å²) >= 11 is 0. The van der Waals surface area contributed by atoms with Crippen molar-refractivity contribution in [2.45, 2.75) is 90.6 Å². The molecule has 0 atom stereocenters. The summed E-state index contributed by atoms with van der Waals surface area (Å²) in [6, 6.07) is 9.01. The zero-order valence-corrected chi connectivity index (χ0v) is 20.6. The first-order valence-corrected chi connectivity index (χ1v) is 12.9. The number of nitrogens with zero attached hydrogens (tertiary/aromatic N) is 4. The van der Waals surface area contributed by atoms with E-state index in [4.69, 9.17) is 15.1 Å². The minimum absolute atomic E-state index is 0.241. The maximum atomic E-state index is 12.5. The lowest BCUT2D eigenvalue weighted by atomic mass is 9.90. The highest BCUT2D eigenvalue weighted by Gasteiger charge is 2.28. The van der Waals surface area contributed by atoms with Crippen molar-refractivity contribution in [1.29, 1.82) is 0 Å². The molecule has 34 heavy (non-hydrogen) atoms. The third kappa shape index (κ3) is 4.65. The highest BCUT2D eigenvalue weighted by Crippen LogP contribution is 2.30. The number of aryl methyl sites for hydroxylation is 3. The Morgan fingerprint density at radius 3 is 2.32 bits per heavy atom. The standard InChI is InChI=1S/C27H36N6O/c1-4-23-30-25(24-18(3)32-33(26(24)31-23)22-15-9-17(2)10-16-22)28-20-11-13-21(14-12-20)29-27(34)19-7-5-6-8-19/h9-10,15-16,19-21H,4-8,11-14H2,1-3H3,(H,29,34)(H,28,30,31). The van der Waals surface area contributed by atoms with Crippen LogP contribution in [0.25, 0.3) is 16.7 Å². The van der Waals surface area contributed by atoms with Crippen LogP contribution < -0.4 is 10.6 Å². The smallest absolute Gasteiger partial charge is 0.223 e. The second-order valence-corrected chi connectivity index (χ2v) is 10.1. The second-order valence-electron chi connectivity index (χ2n) is 10.1. The minimum atomic E-state index is 0.241. The Kier molecular flexibility index (Phi) is 6.53. The number of carbonyl (C=O) groups excluding carboxylic acids is 1. The Labute approximate surface area is 201 Å². The fraction of sp³-hybridized carbons (Fsp3) is 0.556. The Bertz CT molecular complexity index is 1150. The van der Waals surface area contributed by atoms with Crippen LogP contribution in [0.15, 0.2) is 24.3 Å². The van der Waals surface area contributed by atoms with Crippen LogP contribution in [0.4, 0.5) is 5.82 Å². The van der Waals surface area contributed by atoms with E-state index in [0.29, 0.717) is 12.1 Å². The van der Waals surface area contributed by atoms with Crippen LogP contribution in [0.5, 0.6) is 0 Å². The van der Waals surface area contributed by atoms with Gasteiger partial charge in [0.1, 0.15) is 11.6 Å². The van der Waals surface area contributed by atoms with Gasteiger partial charge in [0.15, 0.2) is 5.65 Å². The lowest BCUT2D eigenvalue weighted by Crippen LogP contribution is -2.42. The van der Waals surface area contributed by atoms with Gasteiger partial charge in [0.25, 0.3) is 0 Å².